The standard InChI is InChI=1S/C13H19NO4S/c1-9(2)12(13(15)18-4)14-19(16,17)11-7-5-10(3)6-8-11/h5-9,12,14H,1-4H3/t12-/m1/s1. The second kappa shape index (κ2) is 6.16. The molecule has 5 nitrogen and oxygen atoms in total. The molecule has 0 aliphatic heterocycles. The molecule has 1 aromatic carbocycles. The van der Waals surface area contributed by atoms with Gasteiger partial charge in [-0.3, -0.25) is 4.79 Å². The molecule has 19 heavy (non-hydrogen) atoms. The number of hydrogen-bond donors (Lipinski definition) is 1. The lowest BCUT2D eigenvalue weighted by Gasteiger charge is -2.19. The molecule has 1 aromatic rings. The van der Waals surface area contributed by atoms with Crippen molar-refractivity contribution in [2.45, 2.75) is 31.7 Å². The van der Waals surface area contributed by atoms with E-state index in [9.17, 15) is 13.2 Å². The van der Waals surface area contributed by atoms with E-state index in [4.69, 9.17) is 0 Å². The summed E-state index contributed by atoms with van der Waals surface area (Å²) in [4.78, 5) is 11.7. The van der Waals surface area contributed by atoms with Crippen LogP contribution in [-0.2, 0) is 19.6 Å². The van der Waals surface area contributed by atoms with E-state index in [1.165, 1.54) is 19.2 Å². The van der Waals surface area contributed by atoms with Crippen LogP contribution in [0.1, 0.15) is 19.4 Å². The zero-order valence-electron chi connectivity index (χ0n) is 11.5. The molecule has 0 radical (unpaired) electrons. The van der Waals surface area contributed by atoms with Crippen molar-refractivity contribution < 1.29 is 17.9 Å². The number of benzene rings is 1. The first-order valence-electron chi connectivity index (χ1n) is 5.94. The number of nitrogens with one attached hydrogen (secondary N) is 1. The average Bonchev–Trinajstić information content (AvgIpc) is 2.35. The van der Waals surface area contributed by atoms with Crippen LogP contribution in [0.5, 0.6) is 0 Å². The van der Waals surface area contributed by atoms with Gasteiger partial charge in [-0.2, -0.15) is 4.72 Å². The van der Waals surface area contributed by atoms with Gasteiger partial charge < -0.3 is 4.74 Å². The van der Waals surface area contributed by atoms with Crippen molar-refractivity contribution in [3.63, 3.8) is 0 Å². The van der Waals surface area contributed by atoms with E-state index in [-0.39, 0.29) is 10.8 Å². The van der Waals surface area contributed by atoms with Crippen molar-refractivity contribution in [2.75, 3.05) is 7.11 Å². The van der Waals surface area contributed by atoms with E-state index in [0.717, 1.165) is 5.56 Å². The highest BCUT2D eigenvalue weighted by molar-refractivity contribution is 7.89. The molecule has 106 valence electrons. The molecule has 0 saturated carbocycles. The largest absolute Gasteiger partial charge is 0.468 e. The molecule has 1 atom stereocenters. The van der Waals surface area contributed by atoms with Gasteiger partial charge in [0, 0.05) is 0 Å². The van der Waals surface area contributed by atoms with Crippen molar-refractivity contribution in [3.8, 4) is 0 Å². The van der Waals surface area contributed by atoms with Gasteiger partial charge in [0.05, 0.1) is 12.0 Å². The van der Waals surface area contributed by atoms with Crippen LogP contribution in [0, 0.1) is 12.8 Å². The summed E-state index contributed by atoms with van der Waals surface area (Å²) in [6.45, 7) is 5.37. The van der Waals surface area contributed by atoms with Crippen molar-refractivity contribution in [1.29, 1.82) is 0 Å². The van der Waals surface area contributed by atoms with Gasteiger partial charge in [0.1, 0.15) is 6.04 Å². The first-order valence-corrected chi connectivity index (χ1v) is 7.43. The third kappa shape index (κ3) is 4.04. The summed E-state index contributed by atoms with van der Waals surface area (Å²) in [6.07, 6.45) is 0. The second-order valence-electron chi connectivity index (χ2n) is 4.68. The van der Waals surface area contributed by atoms with Crippen LogP contribution in [0.25, 0.3) is 0 Å². The van der Waals surface area contributed by atoms with Gasteiger partial charge in [-0.1, -0.05) is 31.5 Å². The van der Waals surface area contributed by atoms with Crippen LogP contribution in [0.2, 0.25) is 0 Å². The Hall–Kier alpha value is -1.40. The van der Waals surface area contributed by atoms with Crippen LogP contribution in [0.4, 0.5) is 0 Å². The van der Waals surface area contributed by atoms with Crippen LogP contribution in [0.3, 0.4) is 0 Å². The molecular weight excluding hydrogens is 266 g/mol. The lowest BCUT2D eigenvalue weighted by molar-refractivity contribution is -0.143. The predicted octanol–water partition coefficient (Wildman–Crippen LogP) is 1.47. The molecule has 0 bridgehead atoms. The lowest BCUT2D eigenvalue weighted by Crippen LogP contribution is -2.44. The average molecular weight is 285 g/mol. The number of carbonyl (C=O) groups excluding carboxylic acids is 1. The molecule has 0 spiro atoms. The van der Waals surface area contributed by atoms with Gasteiger partial charge in [0.25, 0.3) is 0 Å². The Balaban J connectivity index is 3.00. The van der Waals surface area contributed by atoms with Gasteiger partial charge in [-0.15, -0.1) is 0 Å². The Morgan fingerprint density at radius 3 is 2.16 bits per heavy atom. The molecule has 0 aliphatic carbocycles. The monoisotopic (exact) mass is 285 g/mol. The van der Waals surface area contributed by atoms with E-state index in [1.807, 2.05) is 6.92 Å². The summed E-state index contributed by atoms with van der Waals surface area (Å²) in [6, 6.07) is 5.53. The van der Waals surface area contributed by atoms with E-state index >= 15 is 0 Å². The van der Waals surface area contributed by atoms with E-state index in [2.05, 4.69) is 9.46 Å². The maximum atomic E-state index is 12.2. The highest BCUT2D eigenvalue weighted by Crippen LogP contribution is 2.13. The molecule has 1 rings (SSSR count). The van der Waals surface area contributed by atoms with Crippen molar-refractivity contribution in [1.82, 2.24) is 4.72 Å². The summed E-state index contributed by atoms with van der Waals surface area (Å²) >= 11 is 0. The number of methoxy groups -OCH3 is 1. The minimum Gasteiger partial charge on any atom is -0.468 e. The summed E-state index contributed by atoms with van der Waals surface area (Å²) in [5.41, 5.74) is 0.965. The molecular formula is C13H19NO4S. The molecule has 0 saturated heterocycles. The maximum Gasteiger partial charge on any atom is 0.324 e. The molecule has 0 heterocycles. The summed E-state index contributed by atoms with van der Waals surface area (Å²) < 4.78 is 31.3. The fourth-order valence-electron chi connectivity index (χ4n) is 1.54. The van der Waals surface area contributed by atoms with Crippen LogP contribution in [-0.4, -0.2) is 27.5 Å². The smallest absolute Gasteiger partial charge is 0.324 e. The van der Waals surface area contributed by atoms with Gasteiger partial charge in [0.2, 0.25) is 10.0 Å². The van der Waals surface area contributed by atoms with E-state index in [1.54, 1.807) is 26.0 Å². The number of hydrogen-bond acceptors (Lipinski definition) is 4. The number of rotatable bonds is 5. The molecule has 0 unspecified atom stereocenters. The first kappa shape index (κ1) is 15.7. The van der Waals surface area contributed by atoms with Crippen LogP contribution >= 0.6 is 0 Å². The Morgan fingerprint density at radius 2 is 1.74 bits per heavy atom. The van der Waals surface area contributed by atoms with Crippen molar-refractivity contribution in [2.24, 2.45) is 5.92 Å². The third-order valence-electron chi connectivity index (χ3n) is 2.74. The quantitative estimate of drug-likeness (QED) is 0.832. The maximum absolute atomic E-state index is 12.2. The zero-order valence-corrected chi connectivity index (χ0v) is 12.3. The summed E-state index contributed by atoms with van der Waals surface area (Å²) in [5, 5.41) is 0. The number of aryl methyl sites for hydroxylation is 1. The van der Waals surface area contributed by atoms with Gasteiger partial charge in [-0.05, 0) is 25.0 Å². The van der Waals surface area contributed by atoms with E-state index in [0.29, 0.717) is 0 Å². The minimum absolute atomic E-state index is 0.132. The Kier molecular flexibility index (Phi) is 5.08. The summed E-state index contributed by atoms with van der Waals surface area (Å²) in [5.74, 6) is -0.793. The van der Waals surface area contributed by atoms with Crippen molar-refractivity contribution in [3.05, 3.63) is 29.8 Å². The minimum atomic E-state index is -3.73. The molecule has 0 aliphatic rings. The molecule has 0 amide bonds. The second-order valence-corrected chi connectivity index (χ2v) is 6.39. The Labute approximate surface area is 114 Å². The first-order chi connectivity index (χ1) is 8.77. The highest BCUT2D eigenvalue weighted by Gasteiger charge is 2.28. The van der Waals surface area contributed by atoms with Gasteiger partial charge >= 0.3 is 5.97 Å². The van der Waals surface area contributed by atoms with Crippen LogP contribution in [0.15, 0.2) is 29.2 Å². The Bertz CT molecular complexity index is 534. The fraction of sp³-hybridized carbons (Fsp3) is 0.462. The summed E-state index contributed by atoms with van der Waals surface area (Å²) in [7, 11) is -2.49. The molecule has 0 aromatic heterocycles. The molecule has 6 heteroatoms. The third-order valence-corrected chi connectivity index (χ3v) is 4.19. The predicted molar refractivity (Wildman–Crippen MR) is 72.1 cm³/mol. The normalized spacial score (nSPS) is 13.3. The lowest BCUT2D eigenvalue weighted by atomic mass is 10.1. The van der Waals surface area contributed by atoms with Gasteiger partial charge in [-0.25, -0.2) is 8.42 Å². The fourth-order valence-corrected chi connectivity index (χ4v) is 2.87. The molecule has 0 fully saturated rings. The SMILES string of the molecule is COC(=O)[C@H](NS(=O)(=O)c1ccc(C)cc1)C(C)C. The highest BCUT2D eigenvalue weighted by atomic mass is 32.2. The number of carbonyl (C=O) groups is 1. The van der Waals surface area contributed by atoms with Gasteiger partial charge in [0.15, 0.2) is 0 Å². The topological polar surface area (TPSA) is 72.5 Å². The zero-order chi connectivity index (χ0) is 14.6. The number of ether oxygens (including phenoxy) is 1. The van der Waals surface area contributed by atoms with Crippen LogP contribution < -0.4 is 4.72 Å². The Morgan fingerprint density at radius 1 is 1.21 bits per heavy atom. The van der Waals surface area contributed by atoms with Crippen molar-refractivity contribution >= 4 is 16.0 Å². The van der Waals surface area contributed by atoms with E-state index < -0.39 is 22.0 Å². The molecule has 1 N–H and O–H groups in total. The number of esters is 1. The number of sulfonamides is 1.